The first-order valence-corrected chi connectivity index (χ1v) is 10.8. The Bertz CT molecular complexity index is 931. The van der Waals surface area contributed by atoms with Crippen LogP contribution in [0.4, 0.5) is 4.39 Å². The van der Waals surface area contributed by atoms with E-state index >= 15 is 0 Å². The fourth-order valence-corrected chi connectivity index (χ4v) is 4.51. The van der Waals surface area contributed by atoms with Crippen molar-refractivity contribution >= 4 is 11.8 Å². The van der Waals surface area contributed by atoms with Crippen LogP contribution >= 0.6 is 0 Å². The van der Waals surface area contributed by atoms with E-state index in [0.717, 1.165) is 32.2 Å². The smallest absolute Gasteiger partial charge is 0.239 e. The minimum Gasteiger partial charge on any atom is -0.369 e. The van der Waals surface area contributed by atoms with E-state index in [1.54, 1.807) is 17.0 Å². The molecule has 3 unspecified atom stereocenters. The van der Waals surface area contributed by atoms with Crippen LogP contribution in [0.2, 0.25) is 0 Å². The molecule has 2 amide bonds. The number of halogens is 1. The Hall–Kier alpha value is -2.81. The molecule has 2 saturated heterocycles. The van der Waals surface area contributed by atoms with Gasteiger partial charge in [0.15, 0.2) is 0 Å². The average Bonchev–Trinajstić information content (AvgIpc) is 3.29. The summed E-state index contributed by atoms with van der Waals surface area (Å²) in [7, 11) is 0. The van der Waals surface area contributed by atoms with Gasteiger partial charge < -0.3 is 15.2 Å². The SMILES string of the molecule is CC(C(=O)N1CCCC(C(N)=O)C1)N1CCCC(c2nc(-c3ccc(F)cc3)no2)C1. The van der Waals surface area contributed by atoms with E-state index < -0.39 is 0 Å². The molecule has 4 rings (SSSR count). The Morgan fingerprint density at radius 1 is 1.16 bits per heavy atom. The fraction of sp³-hybridized carbons (Fsp3) is 0.545. The van der Waals surface area contributed by atoms with Crippen molar-refractivity contribution in [2.75, 3.05) is 26.2 Å². The minimum atomic E-state index is -0.337. The molecule has 0 radical (unpaired) electrons. The van der Waals surface area contributed by atoms with Crippen LogP contribution in [-0.4, -0.2) is 64.0 Å². The number of primary amides is 1. The monoisotopic (exact) mass is 429 g/mol. The van der Waals surface area contributed by atoms with Gasteiger partial charge in [0.2, 0.25) is 23.5 Å². The second-order valence-electron chi connectivity index (χ2n) is 8.50. The van der Waals surface area contributed by atoms with Gasteiger partial charge in [-0.15, -0.1) is 0 Å². The van der Waals surface area contributed by atoms with Crippen molar-refractivity contribution in [2.45, 2.75) is 44.6 Å². The molecule has 1 aromatic carbocycles. The number of aromatic nitrogens is 2. The van der Waals surface area contributed by atoms with Crippen LogP contribution in [0, 0.1) is 11.7 Å². The number of rotatable bonds is 5. The number of nitrogens with zero attached hydrogens (tertiary/aromatic N) is 4. The number of likely N-dealkylation sites (tertiary alicyclic amines) is 2. The van der Waals surface area contributed by atoms with Crippen molar-refractivity contribution in [2.24, 2.45) is 11.7 Å². The number of nitrogens with two attached hydrogens (primary N) is 1. The molecule has 0 bridgehead atoms. The van der Waals surface area contributed by atoms with Gasteiger partial charge in [0.05, 0.1) is 17.9 Å². The molecule has 2 aliphatic heterocycles. The molecule has 2 N–H and O–H groups in total. The number of benzene rings is 1. The summed E-state index contributed by atoms with van der Waals surface area (Å²) in [6.07, 6.45) is 3.35. The van der Waals surface area contributed by atoms with Crippen LogP contribution in [0.15, 0.2) is 28.8 Å². The Balaban J connectivity index is 1.40. The molecule has 3 atom stereocenters. The summed E-state index contributed by atoms with van der Waals surface area (Å²) in [4.78, 5) is 33.1. The van der Waals surface area contributed by atoms with Gasteiger partial charge in [-0.05, 0) is 63.4 Å². The molecule has 0 aliphatic carbocycles. The predicted octanol–water partition coefficient (Wildman–Crippen LogP) is 2.17. The molecule has 3 heterocycles. The lowest BCUT2D eigenvalue weighted by molar-refractivity contribution is -0.140. The highest BCUT2D eigenvalue weighted by Gasteiger charge is 2.35. The summed E-state index contributed by atoms with van der Waals surface area (Å²) < 4.78 is 18.7. The summed E-state index contributed by atoms with van der Waals surface area (Å²) in [5.41, 5.74) is 6.15. The molecule has 0 saturated carbocycles. The predicted molar refractivity (Wildman–Crippen MR) is 111 cm³/mol. The summed E-state index contributed by atoms with van der Waals surface area (Å²) in [6, 6.07) is 5.68. The van der Waals surface area contributed by atoms with Crippen molar-refractivity contribution in [3.05, 3.63) is 36.0 Å². The highest BCUT2D eigenvalue weighted by Crippen LogP contribution is 2.29. The molecule has 1 aromatic heterocycles. The second kappa shape index (κ2) is 9.13. The number of hydrogen-bond acceptors (Lipinski definition) is 6. The number of carbonyl (C=O) groups excluding carboxylic acids is 2. The van der Waals surface area contributed by atoms with E-state index in [-0.39, 0.29) is 35.5 Å². The van der Waals surface area contributed by atoms with Crippen molar-refractivity contribution < 1.29 is 18.5 Å². The molecule has 9 heteroatoms. The number of hydrogen-bond donors (Lipinski definition) is 1. The Kier molecular flexibility index (Phi) is 6.31. The van der Waals surface area contributed by atoms with Gasteiger partial charge >= 0.3 is 0 Å². The third-order valence-electron chi connectivity index (χ3n) is 6.39. The van der Waals surface area contributed by atoms with Crippen molar-refractivity contribution in [1.29, 1.82) is 0 Å². The number of carbonyl (C=O) groups is 2. The lowest BCUT2D eigenvalue weighted by Gasteiger charge is -2.39. The summed E-state index contributed by atoms with van der Waals surface area (Å²) in [5, 5.41) is 4.05. The Morgan fingerprint density at radius 3 is 2.65 bits per heavy atom. The van der Waals surface area contributed by atoms with E-state index in [1.807, 2.05) is 6.92 Å². The molecular weight excluding hydrogens is 401 g/mol. The molecule has 2 aromatic rings. The first kappa shape index (κ1) is 21.4. The van der Waals surface area contributed by atoms with Crippen LogP contribution in [0.3, 0.4) is 0 Å². The summed E-state index contributed by atoms with van der Waals surface area (Å²) in [5.74, 6) is 0.121. The van der Waals surface area contributed by atoms with Crippen molar-refractivity contribution in [3.63, 3.8) is 0 Å². The number of amides is 2. The first-order chi connectivity index (χ1) is 14.9. The topological polar surface area (TPSA) is 106 Å². The van der Waals surface area contributed by atoms with E-state index in [0.29, 0.717) is 36.9 Å². The second-order valence-corrected chi connectivity index (χ2v) is 8.50. The van der Waals surface area contributed by atoms with E-state index in [2.05, 4.69) is 15.0 Å². The third-order valence-corrected chi connectivity index (χ3v) is 6.39. The highest BCUT2D eigenvalue weighted by molar-refractivity contribution is 5.83. The molecule has 2 fully saturated rings. The summed E-state index contributed by atoms with van der Waals surface area (Å²) in [6.45, 7) is 4.44. The van der Waals surface area contributed by atoms with Gasteiger partial charge in [-0.1, -0.05) is 5.16 Å². The molecule has 8 nitrogen and oxygen atoms in total. The van der Waals surface area contributed by atoms with Gasteiger partial charge in [0, 0.05) is 25.2 Å². The average molecular weight is 429 g/mol. The molecular formula is C22H28FN5O3. The van der Waals surface area contributed by atoms with Crippen LogP contribution in [-0.2, 0) is 9.59 Å². The zero-order chi connectivity index (χ0) is 22.0. The minimum absolute atomic E-state index is 0.0316. The third kappa shape index (κ3) is 4.76. The fourth-order valence-electron chi connectivity index (χ4n) is 4.51. The van der Waals surface area contributed by atoms with Gasteiger partial charge in [0.25, 0.3) is 0 Å². The maximum Gasteiger partial charge on any atom is 0.239 e. The quantitative estimate of drug-likeness (QED) is 0.781. The number of piperidine rings is 2. The van der Waals surface area contributed by atoms with Crippen LogP contribution in [0.1, 0.15) is 44.4 Å². The van der Waals surface area contributed by atoms with Crippen LogP contribution in [0.5, 0.6) is 0 Å². The van der Waals surface area contributed by atoms with Gasteiger partial charge in [-0.2, -0.15) is 4.98 Å². The molecule has 166 valence electrons. The largest absolute Gasteiger partial charge is 0.369 e. The normalized spacial score (nSPS) is 23.5. The Morgan fingerprint density at radius 2 is 1.90 bits per heavy atom. The van der Waals surface area contributed by atoms with E-state index in [1.165, 1.54) is 12.1 Å². The van der Waals surface area contributed by atoms with Crippen molar-refractivity contribution in [3.8, 4) is 11.4 Å². The van der Waals surface area contributed by atoms with Gasteiger partial charge in [-0.25, -0.2) is 4.39 Å². The molecule has 0 spiro atoms. The van der Waals surface area contributed by atoms with E-state index in [4.69, 9.17) is 10.3 Å². The summed E-state index contributed by atoms with van der Waals surface area (Å²) >= 11 is 0. The van der Waals surface area contributed by atoms with Gasteiger partial charge in [-0.3, -0.25) is 14.5 Å². The maximum absolute atomic E-state index is 13.2. The van der Waals surface area contributed by atoms with Crippen LogP contribution < -0.4 is 5.73 Å². The van der Waals surface area contributed by atoms with Crippen molar-refractivity contribution in [1.82, 2.24) is 19.9 Å². The van der Waals surface area contributed by atoms with E-state index in [9.17, 15) is 14.0 Å². The zero-order valence-corrected chi connectivity index (χ0v) is 17.7. The maximum atomic E-state index is 13.2. The van der Waals surface area contributed by atoms with Gasteiger partial charge in [0.1, 0.15) is 5.82 Å². The highest BCUT2D eigenvalue weighted by atomic mass is 19.1. The lowest BCUT2D eigenvalue weighted by atomic mass is 9.95. The zero-order valence-electron chi connectivity index (χ0n) is 17.7. The molecule has 2 aliphatic rings. The Labute approximate surface area is 180 Å². The lowest BCUT2D eigenvalue weighted by Crippen LogP contribution is -2.53. The standard InChI is InChI=1S/C22H28FN5O3/c1-14(22(30)28-11-2-4-16(12-28)19(24)29)27-10-3-5-17(13-27)21-25-20(26-31-21)15-6-8-18(23)9-7-15/h6-9,14,16-17H,2-5,10-13H2,1H3,(H2,24,29). The molecule has 31 heavy (non-hydrogen) atoms. The van der Waals surface area contributed by atoms with Crippen LogP contribution in [0.25, 0.3) is 11.4 Å². The first-order valence-electron chi connectivity index (χ1n) is 10.8.